The molecule has 1 saturated heterocycles. The van der Waals surface area contributed by atoms with Crippen LogP contribution in [0.5, 0.6) is 0 Å². The SMILES string of the molecule is CC(C)(C)C1(S)CSC1. The Labute approximate surface area is 67.2 Å². The zero-order chi connectivity index (χ0) is 7.12. The Bertz CT molecular complexity index is 109. The lowest BCUT2D eigenvalue weighted by molar-refractivity contribution is 0.320. The average molecular weight is 162 g/mol. The number of thiol groups is 1. The highest BCUT2D eigenvalue weighted by atomic mass is 32.2. The zero-order valence-electron chi connectivity index (χ0n) is 6.27. The molecule has 0 bridgehead atoms. The van der Waals surface area contributed by atoms with Crippen LogP contribution in [0.1, 0.15) is 20.8 Å². The summed E-state index contributed by atoms with van der Waals surface area (Å²) in [5.41, 5.74) is 0.376. The minimum absolute atomic E-state index is 0.317. The van der Waals surface area contributed by atoms with Gasteiger partial charge in [0, 0.05) is 16.3 Å². The summed E-state index contributed by atoms with van der Waals surface area (Å²) in [4.78, 5) is 0. The van der Waals surface area contributed by atoms with Gasteiger partial charge in [-0.3, -0.25) is 0 Å². The fraction of sp³-hybridized carbons (Fsp3) is 1.00. The summed E-state index contributed by atoms with van der Waals surface area (Å²) >= 11 is 6.63. The maximum Gasteiger partial charge on any atom is 0.0358 e. The molecule has 0 aromatic rings. The predicted molar refractivity (Wildman–Crippen MR) is 48.5 cm³/mol. The quantitative estimate of drug-likeness (QED) is 0.534. The standard InChI is InChI=1S/C7H14S2/c1-6(2,3)7(8)4-9-5-7/h8H,4-5H2,1-3H3. The monoisotopic (exact) mass is 162 g/mol. The molecule has 0 atom stereocenters. The third-order valence-corrected chi connectivity index (χ3v) is 4.89. The van der Waals surface area contributed by atoms with Gasteiger partial charge in [-0.15, -0.1) is 0 Å². The van der Waals surface area contributed by atoms with Crippen LogP contribution in [0.25, 0.3) is 0 Å². The molecular formula is C7H14S2. The van der Waals surface area contributed by atoms with E-state index in [2.05, 4.69) is 33.4 Å². The molecule has 1 aliphatic rings. The molecule has 1 rings (SSSR count). The van der Waals surface area contributed by atoms with E-state index in [-0.39, 0.29) is 0 Å². The second kappa shape index (κ2) is 2.09. The fourth-order valence-electron chi connectivity index (χ4n) is 0.728. The van der Waals surface area contributed by atoms with Crippen LogP contribution >= 0.6 is 24.4 Å². The van der Waals surface area contributed by atoms with Crippen molar-refractivity contribution in [1.82, 2.24) is 0 Å². The minimum atomic E-state index is 0.317. The first-order valence-electron chi connectivity index (χ1n) is 3.26. The zero-order valence-corrected chi connectivity index (χ0v) is 7.98. The van der Waals surface area contributed by atoms with Crippen molar-refractivity contribution in [3.8, 4) is 0 Å². The first kappa shape index (κ1) is 7.80. The Kier molecular flexibility index (Phi) is 1.81. The number of hydrogen-bond donors (Lipinski definition) is 1. The van der Waals surface area contributed by atoms with E-state index in [1.807, 2.05) is 11.8 Å². The van der Waals surface area contributed by atoms with E-state index in [0.717, 1.165) is 0 Å². The highest BCUT2D eigenvalue weighted by Gasteiger charge is 2.44. The normalized spacial score (nSPS) is 25.3. The van der Waals surface area contributed by atoms with Crippen molar-refractivity contribution in [2.45, 2.75) is 25.5 Å². The van der Waals surface area contributed by atoms with E-state index in [1.54, 1.807) is 0 Å². The second-order valence-electron chi connectivity index (χ2n) is 3.77. The van der Waals surface area contributed by atoms with Gasteiger partial charge >= 0.3 is 0 Å². The fourth-order valence-corrected chi connectivity index (χ4v) is 2.73. The Balaban J connectivity index is 2.59. The molecule has 0 aromatic carbocycles. The van der Waals surface area contributed by atoms with E-state index < -0.39 is 0 Å². The summed E-state index contributed by atoms with van der Waals surface area (Å²) in [6.45, 7) is 6.79. The Hall–Kier alpha value is 0.700. The summed E-state index contributed by atoms with van der Waals surface area (Å²) in [5.74, 6) is 2.44. The third kappa shape index (κ3) is 1.25. The van der Waals surface area contributed by atoms with Gasteiger partial charge in [-0.25, -0.2) is 0 Å². The molecule has 0 amide bonds. The lowest BCUT2D eigenvalue weighted by atomic mass is 9.82. The summed E-state index contributed by atoms with van der Waals surface area (Å²) in [6, 6.07) is 0. The lowest BCUT2D eigenvalue weighted by Crippen LogP contribution is -2.48. The van der Waals surface area contributed by atoms with Gasteiger partial charge in [-0.05, 0) is 5.41 Å². The molecule has 1 fully saturated rings. The molecule has 1 aliphatic heterocycles. The van der Waals surface area contributed by atoms with Crippen molar-refractivity contribution in [2.24, 2.45) is 5.41 Å². The Morgan fingerprint density at radius 3 is 1.78 bits per heavy atom. The molecule has 2 heteroatoms. The summed E-state index contributed by atoms with van der Waals surface area (Å²) in [5, 5.41) is 0. The van der Waals surface area contributed by atoms with Crippen molar-refractivity contribution in [1.29, 1.82) is 0 Å². The van der Waals surface area contributed by atoms with Crippen LogP contribution in [0, 0.1) is 5.41 Å². The highest BCUT2D eigenvalue weighted by molar-refractivity contribution is 8.03. The van der Waals surface area contributed by atoms with Gasteiger partial charge in [-0.1, -0.05) is 20.8 Å². The molecule has 1 heterocycles. The van der Waals surface area contributed by atoms with Crippen molar-refractivity contribution in [3.05, 3.63) is 0 Å². The van der Waals surface area contributed by atoms with Crippen LogP contribution in [0.2, 0.25) is 0 Å². The molecule has 0 aromatic heterocycles. The smallest absolute Gasteiger partial charge is 0.0358 e. The number of rotatable bonds is 0. The first-order chi connectivity index (χ1) is 3.96. The molecule has 0 N–H and O–H groups in total. The van der Waals surface area contributed by atoms with Crippen LogP contribution in [0.3, 0.4) is 0 Å². The largest absolute Gasteiger partial charge is 0.170 e. The lowest BCUT2D eigenvalue weighted by Gasteiger charge is -2.47. The van der Waals surface area contributed by atoms with Gasteiger partial charge in [0.05, 0.1) is 0 Å². The highest BCUT2D eigenvalue weighted by Crippen LogP contribution is 2.47. The average Bonchev–Trinajstić information content (AvgIpc) is 1.57. The van der Waals surface area contributed by atoms with Crippen molar-refractivity contribution < 1.29 is 0 Å². The first-order valence-corrected chi connectivity index (χ1v) is 4.86. The molecule has 54 valence electrons. The van der Waals surface area contributed by atoms with Gasteiger partial charge in [0.25, 0.3) is 0 Å². The van der Waals surface area contributed by atoms with Crippen molar-refractivity contribution >= 4 is 24.4 Å². The topological polar surface area (TPSA) is 0 Å². The van der Waals surface area contributed by atoms with E-state index in [0.29, 0.717) is 10.2 Å². The Morgan fingerprint density at radius 1 is 1.33 bits per heavy atom. The number of thioether (sulfide) groups is 1. The molecule has 0 radical (unpaired) electrons. The second-order valence-corrected chi connectivity index (χ2v) is 5.62. The third-order valence-electron chi connectivity index (χ3n) is 2.08. The van der Waals surface area contributed by atoms with Gasteiger partial charge in [0.1, 0.15) is 0 Å². The van der Waals surface area contributed by atoms with Crippen LogP contribution < -0.4 is 0 Å². The van der Waals surface area contributed by atoms with E-state index in [9.17, 15) is 0 Å². The van der Waals surface area contributed by atoms with Crippen molar-refractivity contribution in [3.63, 3.8) is 0 Å². The molecule has 0 saturated carbocycles. The van der Waals surface area contributed by atoms with Crippen LogP contribution in [0.4, 0.5) is 0 Å². The van der Waals surface area contributed by atoms with Gasteiger partial charge in [-0.2, -0.15) is 24.4 Å². The molecular weight excluding hydrogens is 148 g/mol. The van der Waals surface area contributed by atoms with Crippen molar-refractivity contribution in [2.75, 3.05) is 11.5 Å². The summed E-state index contributed by atoms with van der Waals surface area (Å²) in [7, 11) is 0. The summed E-state index contributed by atoms with van der Waals surface area (Å²) in [6.07, 6.45) is 0. The van der Waals surface area contributed by atoms with Gasteiger partial charge in [0.15, 0.2) is 0 Å². The molecule has 9 heavy (non-hydrogen) atoms. The van der Waals surface area contributed by atoms with Crippen LogP contribution in [-0.4, -0.2) is 16.3 Å². The molecule has 0 spiro atoms. The number of hydrogen-bond acceptors (Lipinski definition) is 2. The van der Waals surface area contributed by atoms with Gasteiger partial charge in [0.2, 0.25) is 0 Å². The van der Waals surface area contributed by atoms with Gasteiger partial charge < -0.3 is 0 Å². The van der Waals surface area contributed by atoms with E-state index in [4.69, 9.17) is 0 Å². The molecule has 0 unspecified atom stereocenters. The molecule has 0 nitrogen and oxygen atoms in total. The summed E-state index contributed by atoms with van der Waals surface area (Å²) < 4.78 is 0.317. The Morgan fingerprint density at radius 2 is 1.78 bits per heavy atom. The molecule has 0 aliphatic carbocycles. The maximum atomic E-state index is 4.63. The van der Waals surface area contributed by atoms with E-state index >= 15 is 0 Å². The maximum absolute atomic E-state index is 4.63. The van der Waals surface area contributed by atoms with Crippen LogP contribution in [0.15, 0.2) is 0 Å². The van der Waals surface area contributed by atoms with E-state index in [1.165, 1.54) is 11.5 Å². The minimum Gasteiger partial charge on any atom is -0.170 e. The van der Waals surface area contributed by atoms with Crippen LogP contribution in [-0.2, 0) is 0 Å². The predicted octanol–water partition coefficient (Wildman–Crippen LogP) is 2.45.